The van der Waals surface area contributed by atoms with Crippen LogP contribution < -0.4 is 10.6 Å². The molecular weight excluding hydrogens is 427 g/mol. The number of halogens is 1. The zero-order valence-electron chi connectivity index (χ0n) is 15.0. The lowest BCUT2D eigenvalue weighted by molar-refractivity contribution is -0.128. The molecule has 0 bridgehead atoms. The van der Waals surface area contributed by atoms with Crippen molar-refractivity contribution in [3.63, 3.8) is 0 Å². The van der Waals surface area contributed by atoms with E-state index in [2.05, 4.69) is 46.0 Å². The number of carbonyl (C=O) groups excluding carboxylic acids is 1. The lowest BCUT2D eigenvalue weighted by atomic mass is 9.96. The first-order chi connectivity index (χ1) is 11.7. The minimum Gasteiger partial charge on any atom is -0.357 e. The molecule has 0 spiro atoms. The van der Waals surface area contributed by atoms with Crippen LogP contribution in [0.3, 0.4) is 0 Å². The summed E-state index contributed by atoms with van der Waals surface area (Å²) >= 11 is 0. The highest BCUT2D eigenvalue weighted by Crippen LogP contribution is 2.47. The van der Waals surface area contributed by atoms with Crippen molar-refractivity contribution in [1.82, 2.24) is 15.5 Å². The molecule has 5 nitrogen and oxygen atoms in total. The van der Waals surface area contributed by atoms with Crippen LogP contribution in [0.15, 0.2) is 35.3 Å². The van der Waals surface area contributed by atoms with Crippen molar-refractivity contribution in [2.45, 2.75) is 38.0 Å². The van der Waals surface area contributed by atoms with E-state index in [1.54, 1.807) is 0 Å². The summed E-state index contributed by atoms with van der Waals surface area (Å²) in [5.74, 6) is 0.876. The summed E-state index contributed by atoms with van der Waals surface area (Å²) in [6, 6.07) is 10.7. The number of amides is 1. The Hall–Kier alpha value is -1.31. The number of nitrogens with zero attached hydrogens (tertiary/aromatic N) is 2. The summed E-state index contributed by atoms with van der Waals surface area (Å²) in [6.07, 6.45) is 4.65. The van der Waals surface area contributed by atoms with E-state index in [9.17, 15) is 4.79 Å². The molecule has 6 heteroatoms. The number of hydrogen-bond acceptors (Lipinski definition) is 2. The van der Waals surface area contributed by atoms with Crippen molar-refractivity contribution in [1.29, 1.82) is 0 Å². The average molecular weight is 456 g/mol. The lowest BCUT2D eigenvalue weighted by Gasteiger charge is -2.19. The third-order valence-electron chi connectivity index (χ3n) is 5.01. The number of hydrogen-bond donors (Lipinski definition) is 2. The normalized spacial score (nSPS) is 18.4. The van der Waals surface area contributed by atoms with Crippen LogP contribution in [0.5, 0.6) is 0 Å². The highest BCUT2D eigenvalue weighted by molar-refractivity contribution is 14.0. The fraction of sp³-hybridized carbons (Fsp3) is 0.579. The SMILES string of the molecule is CCNC(=NCC(=O)N1CCCC1)NCC1(c2ccccc2)CC1.I. The number of guanidine groups is 1. The van der Waals surface area contributed by atoms with Gasteiger partial charge in [-0.1, -0.05) is 30.3 Å². The Labute approximate surface area is 167 Å². The molecule has 1 aliphatic heterocycles. The molecule has 3 rings (SSSR count). The number of aliphatic imine (C=N–C) groups is 1. The molecule has 1 saturated heterocycles. The lowest BCUT2D eigenvalue weighted by Crippen LogP contribution is -2.42. The van der Waals surface area contributed by atoms with E-state index in [1.165, 1.54) is 18.4 Å². The third-order valence-corrected chi connectivity index (χ3v) is 5.01. The van der Waals surface area contributed by atoms with Gasteiger partial charge in [0.2, 0.25) is 5.91 Å². The molecule has 2 fully saturated rings. The number of nitrogens with one attached hydrogen (secondary N) is 2. The van der Waals surface area contributed by atoms with Crippen LogP contribution in [0.2, 0.25) is 0 Å². The van der Waals surface area contributed by atoms with Gasteiger partial charge in [0.25, 0.3) is 0 Å². The fourth-order valence-electron chi connectivity index (χ4n) is 3.32. The number of benzene rings is 1. The van der Waals surface area contributed by atoms with Crippen LogP contribution >= 0.6 is 24.0 Å². The summed E-state index contributed by atoms with van der Waals surface area (Å²) < 4.78 is 0. The Bertz CT molecular complexity index is 580. The Morgan fingerprint density at radius 3 is 2.44 bits per heavy atom. The van der Waals surface area contributed by atoms with Crippen molar-refractivity contribution in [3.8, 4) is 0 Å². The first kappa shape index (κ1) is 20.0. The molecule has 0 radical (unpaired) electrons. The minimum atomic E-state index is 0. The van der Waals surface area contributed by atoms with E-state index in [0.717, 1.165) is 45.0 Å². The van der Waals surface area contributed by atoms with Gasteiger partial charge >= 0.3 is 0 Å². The predicted molar refractivity (Wildman–Crippen MR) is 113 cm³/mol. The molecular formula is C19H29IN4O. The van der Waals surface area contributed by atoms with Crippen molar-refractivity contribution in [2.75, 3.05) is 32.7 Å². The molecule has 1 amide bonds. The maximum absolute atomic E-state index is 12.2. The second kappa shape index (κ2) is 9.40. The Morgan fingerprint density at radius 1 is 1.16 bits per heavy atom. The largest absolute Gasteiger partial charge is 0.357 e. The van der Waals surface area contributed by atoms with E-state index in [-0.39, 0.29) is 41.8 Å². The van der Waals surface area contributed by atoms with Gasteiger partial charge in [0, 0.05) is 31.6 Å². The third kappa shape index (κ3) is 5.33. The first-order valence-electron chi connectivity index (χ1n) is 9.09. The van der Waals surface area contributed by atoms with Crippen molar-refractivity contribution in [2.24, 2.45) is 4.99 Å². The van der Waals surface area contributed by atoms with E-state index in [4.69, 9.17) is 0 Å². The standard InChI is InChI=1S/C19H28N4O.HI/c1-2-20-18(21-14-17(24)23-12-6-7-13-23)22-15-19(10-11-19)16-8-4-3-5-9-16;/h3-5,8-9H,2,6-7,10-15H2,1H3,(H2,20,21,22);1H. The summed E-state index contributed by atoms with van der Waals surface area (Å²) in [5, 5.41) is 6.68. The second-order valence-corrected chi connectivity index (χ2v) is 6.78. The van der Waals surface area contributed by atoms with E-state index in [0.29, 0.717) is 0 Å². The zero-order chi connectivity index (χ0) is 16.8. The predicted octanol–water partition coefficient (Wildman–Crippen LogP) is 2.51. The molecule has 25 heavy (non-hydrogen) atoms. The fourth-order valence-corrected chi connectivity index (χ4v) is 3.32. The number of likely N-dealkylation sites (tertiary alicyclic amines) is 1. The van der Waals surface area contributed by atoms with Crippen LogP contribution in [0.1, 0.15) is 38.2 Å². The topological polar surface area (TPSA) is 56.7 Å². The molecule has 1 aromatic rings. The molecule has 138 valence electrons. The molecule has 0 aromatic heterocycles. The Kier molecular flexibility index (Phi) is 7.53. The van der Waals surface area contributed by atoms with Gasteiger partial charge in [0.05, 0.1) is 0 Å². The Balaban J connectivity index is 0.00000225. The van der Waals surface area contributed by atoms with E-state index >= 15 is 0 Å². The maximum atomic E-state index is 12.2. The summed E-state index contributed by atoms with van der Waals surface area (Å²) in [6.45, 7) is 5.70. The highest BCUT2D eigenvalue weighted by Gasteiger charge is 2.44. The van der Waals surface area contributed by atoms with Gasteiger partial charge in [0.15, 0.2) is 5.96 Å². The summed E-state index contributed by atoms with van der Waals surface area (Å²) in [7, 11) is 0. The van der Waals surface area contributed by atoms with Crippen molar-refractivity contribution >= 4 is 35.8 Å². The van der Waals surface area contributed by atoms with Crippen molar-refractivity contribution < 1.29 is 4.79 Å². The van der Waals surface area contributed by atoms with Crippen molar-refractivity contribution in [3.05, 3.63) is 35.9 Å². The van der Waals surface area contributed by atoms with Crippen LogP contribution in [-0.4, -0.2) is 49.5 Å². The molecule has 1 saturated carbocycles. The second-order valence-electron chi connectivity index (χ2n) is 6.78. The Morgan fingerprint density at radius 2 is 1.84 bits per heavy atom. The molecule has 0 atom stereocenters. The van der Waals surface area contributed by atoms with E-state index < -0.39 is 0 Å². The minimum absolute atomic E-state index is 0. The monoisotopic (exact) mass is 456 g/mol. The molecule has 2 aliphatic rings. The molecule has 1 aliphatic carbocycles. The molecule has 2 N–H and O–H groups in total. The van der Waals surface area contributed by atoms with Gasteiger partial charge in [-0.05, 0) is 38.2 Å². The van der Waals surface area contributed by atoms with Crippen LogP contribution in [-0.2, 0) is 10.2 Å². The molecule has 1 aromatic carbocycles. The van der Waals surface area contributed by atoms with Crippen LogP contribution in [0, 0.1) is 0 Å². The number of rotatable bonds is 6. The average Bonchev–Trinajstić information content (AvgIpc) is 3.21. The first-order valence-corrected chi connectivity index (χ1v) is 9.09. The van der Waals surface area contributed by atoms with Gasteiger partial charge in [-0.2, -0.15) is 0 Å². The van der Waals surface area contributed by atoms with Gasteiger partial charge in [0.1, 0.15) is 6.54 Å². The summed E-state index contributed by atoms with van der Waals surface area (Å²) in [4.78, 5) is 18.6. The summed E-state index contributed by atoms with van der Waals surface area (Å²) in [5.41, 5.74) is 1.62. The van der Waals surface area contributed by atoms with Crippen LogP contribution in [0.25, 0.3) is 0 Å². The van der Waals surface area contributed by atoms with E-state index in [1.807, 2.05) is 11.8 Å². The molecule has 0 unspecified atom stereocenters. The molecule has 1 heterocycles. The van der Waals surface area contributed by atoms with Gasteiger partial charge in [-0.25, -0.2) is 4.99 Å². The quantitative estimate of drug-likeness (QED) is 0.393. The maximum Gasteiger partial charge on any atom is 0.244 e. The van der Waals surface area contributed by atoms with Crippen LogP contribution in [0.4, 0.5) is 0 Å². The smallest absolute Gasteiger partial charge is 0.244 e. The van der Waals surface area contributed by atoms with Gasteiger partial charge < -0.3 is 15.5 Å². The van der Waals surface area contributed by atoms with Gasteiger partial charge in [-0.15, -0.1) is 24.0 Å². The number of carbonyl (C=O) groups is 1. The van der Waals surface area contributed by atoms with Gasteiger partial charge in [-0.3, -0.25) is 4.79 Å². The zero-order valence-corrected chi connectivity index (χ0v) is 17.3. The highest BCUT2D eigenvalue weighted by atomic mass is 127.